The first-order valence-corrected chi connectivity index (χ1v) is 10.5. The highest BCUT2D eigenvalue weighted by Gasteiger charge is 2.33. The minimum absolute atomic E-state index is 0.0571. The van der Waals surface area contributed by atoms with E-state index in [1.54, 1.807) is 0 Å². The predicted octanol–water partition coefficient (Wildman–Crippen LogP) is 2.90. The van der Waals surface area contributed by atoms with E-state index < -0.39 is 0 Å². The van der Waals surface area contributed by atoms with E-state index in [0.29, 0.717) is 38.1 Å². The van der Waals surface area contributed by atoms with E-state index in [2.05, 4.69) is 46.6 Å². The van der Waals surface area contributed by atoms with Gasteiger partial charge in [0.25, 0.3) is 0 Å². The molecule has 2 atom stereocenters. The van der Waals surface area contributed by atoms with Crippen molar-refractivity contribution in [1.82, 2.24) is 10.2 Å². The zero-order valence-electron chi connectivity index (χ0n) is 17.5. The van der Waals surface area contributed by atoms with Gasteiger partial charge in [-0.05, 0) is 43.0 Å². The smallest absolute Gasteiger partial charge is 0.234 e. The molecule has 1 fully saturated rings. The third kappa shape index (κ3) is 6.39. The van der Waals surface area contributed by atoms with Gasteiger partial charge in [-0.15, -0.1) is 0 Å². The zero-order chi connectivity index (χ0) is 20.6. The van der Waals surface area contributed by atoms with Crippen LogP contribution in [0.2, 0.25) is 0 Å². The van der Waals surface area contributed by atoms with Gasteiger partial charge in [0, 0.05) is 25.6 Å². The van der Waals surface area contributed by atoms with Crippen LogP contribution in [0.1, 0.15) is 36.5 Å². The molecule has 1 aliphatic rings. The molecule has 1 heterocycles. The number of carbonyl (C=O) groups is 1. The Labute approximate surface area is 174 Å². The van der Waals surface area contributed by atoms with Gasteiger partial charge in [0.05, 0.1) is 19.3 Å². The van der Waals surface area contributed by atoms with Gasteiger partial charge < -0.3 is 15.8 Å². The van der Waals surface area contributed by atoms with Crippen LogP contribution in [0, 0.1) is 5.92 Å². The van der Waals surface area contributed by atoms with Crippen molar-refractivity contribution in [3.8, 4) is 0 Å². The Hall–Kier alpha value is -2.21. The highest BCUT2D eigenvalue weighted by molar-refractivity contribution is 5.78. The molecule has 0 aliphatic carbocycles. The summed E-state index contributed by atoms with van der Waals surface area (Å²) in [5.41, 5.74) is 9.55. The maximum atomic E-state index is 12.5. The molecule has 0 aromatic heterocycles. The Balaban J connectivity index is 1.46. The number of carbonyl (C=O) groups excluding carboxylic acids is 1. The SMILES string of the molecule is CC(C)OCc1ccc(CNC(=O)CN2C[C@@H](CN)[C@H](c3ccccc3)C2)cc1. The number of hydrogen-bond donors (Lipinski definition) is 2. The van der Waals surface area contributed by atoms with E-state index in [0.717, 1.165) is 24.2 Å². The van der Waals surface area contributed by atoms with Crippen LogP contribution in [0.25, 0.3) is 0 Å². The van der Waals surface area contributed by atoms with Crippen LogP contribution in [-0.2, 0) is 22.7 Å². The van der Waals surface area contributed by atoms with Crippen molar-refractivity contribution in [2.45, 2.75) is 39.0 Å². The quantitative estimate of drug-likeness (QED) is 0.685. The molecule has 1 saturated heterocycles. The fraction of sp³-hybridized carbons (Fsp3) is 0.458. The Morgan fingerprint density at radius 1 is 1.10 bits per heavy atom. The van der Waals surface area contributed by atoms with Crippen molar-refractivity contribution in [2.75, 3.05) is 26.2 Å². The first-order chi connectivity index (χ1) is 14.0. The first kappa shape index (κ1) is 21.5. The maximum Gasteiger partial charge on any atom is 0.234 e. The molecule has 0 unspecified atom stereocenters. The third-order valence-corrected chi connectivity index (χ3v) is 5.51. The van der Waals surface area contributed by atoms with Crippen molar-refractivity contribution in [2.24, 2.45) is 11.7 Å². The molecule has 1 amide bonds. The lowest BCUT2D eigenvalue weighted by atomic mass is 9.89. The zero-order valence-corrected chi connectivity index (χ0v) is 17.5. The summed E-state index contributed by atoms with van der Waals surface area (Å²) >= 11 is 0. The fourth-order valence-electron chi connectivity index (χ4n) is 3.88. The van der Waals surface area contributed by atoms with Crippen molar-refractivity contribution >= 4 is 5.91 Å². The summed E-state index contributed by atoms with van der Waals surface area (Å²) in [4.78, 5) is 14.7. The van der Waals surface area contributed by atoms with Crippen molar-refractivity contribution in [3.05, 3.63) is 71.3 Å². The van der Waals surface area contributed by atoms with Crippen LogP contribution >= 0.6 is 0 Å². The van der Waals surface area contributed by atoms with E-state index in [1.165, 1.54) is 5.56 Å². The summed E-state index contributed by atoms with van der Waals surface area (Å²) in [7, 11) is 0. The number of hydrogen-bond acceptors (Lipinski definition) is 4. The first-order valence-electron chi connectivity index (χ1n) is 10.5. The molecule has 5 nitrogen and oxygen atoms in total. The second-order valence-electron chi connectivity index (χ2n) is 8.16. The molecule has 3 rings (SSSR count). The average molecular weight is 396 g/mol. The lowest BCUT2D eigenvalue weighted by Crippen LogP contribution is -2.36. The molecule has 5 heteroatoms. The van der Waals surface area contributed by atoms with Crippen LogP contribution in [-0.4, -0.2) is 43.1 Å². The number of ether oxygens (including phenoxy) is 1. The van der Waals surface area contributed by atoms with Gasteiger partial charge >= 0.3 is 0 Å². The summed E-state index contributed by atoms with van der Waals surface area (Å²) in [6, 6.07) is 18.7. The summed E-state index contributed by atoms with van der Waals surface area (Å²) in [6.07, 6.45) is 0.222. The minimum Gasteiger partial charge on any atom is -0.374 e. The van der Waals surface area contributed by atoms with Crippen LogP contribution < -0.4 is 11.1 Å². The van der Waals surface area contributed by atoms with Crippen molar-refractivity contribution in [3.63, 3.8) is 0 Å². The van der Waals surface area contributed by atoms with Crippen LogP contribution in [0.4, 0.5) is 0 Å². The van der Waals surface area contributed by atoms with Crippen molar-refractivity contribution in [1.29, 1.82) is 0 Å². The number of rotatable bonds is 9. The largest absolute Gasteiger partial charge is 0.374 e. The molecular weight excluding hydrogens is 362 g/mol. The maximum absolute atomic E-state index is 12.5. The number of nitrogens with two attached hydrogens (primary N) is 1. The molecular formula is C24H33N3O2. The monoisotopic (exact) mass is 395 g/mol. The Morgan fingerprint density at radius 3 is 2.45 bits per heavy atom. The van der Waals surface area contributed by atoms with Gasteiger partial charge in [0.2, 0.25) is 5.91 Å². The van der Waals surface area contributed by atoms with Gasteiger partial charge in [-0.25, -0.2) is 0 Å². The van der Waals surface area contributed by atoms with Gasteiger partial charge in [-0.1, -0.05) is 54.6 Å². The summed E-state index contributed by atoms with van der Waals surface area (Å²) < 4.78 is 5.61. The predicted molar refractivity (Wildman–Crippen MR) is 116 cm³/mol. The molecule has 0 saturated carbocycles. The highest BCUT2D eigenvalue weighted by atomic mass is 16.5. The number of nitrogens with one attached hydrogen (secondary N) is 1. The molecule has 0 bridgehead atoms. The Morgan fingerprint density at radius 2 is 1.79 bits per heavy atom. The summed E-state index contributed by atoms with van der Waals surface area (Å²) in [6.45, 7) is 8.03. The lowest BCUT2D eigenvalue weighted by molar-refractivity contribution is -0.122. The summed E-state index contributed by atoms with van der Waals surface area (Å²) in [5.74, 6) is 0.849. The van der Waals surface area contributed by atoms with Crippen LogP contribution in [0.5, 0.6) is 0 Å². The number of likely N-dealkylation sites (tertiary alicyclic amines) is 1. The third-order valence-electron chi connectivity index (χ3n) is 5.51. The molecule has 1 aliphatic heterocycles. The topological polar surface area (TPSA) is 67.6 Å². The van der Waals surface area contributed by atoms with Crippen LogP contribution in [0.15, 0.2) is 54.6 Å². The summed E-state index contributed by atoms with van der Waals surface area (Å²) in [5, 5.41) is 3.04. The van der Waals surface area contributed by atoms with Crippen LogP contribution in [0.3, 0.4) is 0 Å². The van der Waals surface area contributed by atoms with Gasteiger partial charge in [0.1, 0.15) is 0 Å². The highest BCUT2D eigenvalue weighted by Crippen LogP contribution is 2.31. The Bertz CT molecular complexity index is 761. The Kier molecular flexibility index (Phi) is 7.81. The van der Waals surface area contributed by atoms with E-state index in [9.17, 15) is 4.79 Å². The number of amides is 1. The molecule has 29 heavy (non-hydrogen) atoms. The molecule has 0 spiro atoms. The molecule has 2 aromatic rings. The number of benzene rings is 2. The van der Waals surface area contributed by atoms with Gasteiger partial charge in [-0.2, -0.15) is 0 Å². The second-order valence-corrected chi connectivity index (χ2v) is 8.16. The number of nitrogens with zero attached hydrogens (tertiary/aromatic N) is 1. The fourth-order valence-corrected chi connectivity index (χ4v) is 3.88. The normalized spacial score (nSPS) is 19.6. The minimum atomic E-state index is 0.0571. The lowest BCUT2D eigenvalue weighted by Gasteiger charge is -2.16. The molecule has 0 radical (unpaired) electrons. The molecule has 2 aromatic carbocycles. The van der Waals surface area contributed by atoms with Gasteiger partial charge in [-0.3, -0.25) is 9.69 Å². The average Bonchev–Trinajstić information content (AvgIpc) is 3.15. The van der Waals surface area contributed by atoms with Gasteiger partial charge in [0.15, 0.2) is 0 Å². The molecule has 3 N–H and O–H groups in total. The van der Waals surface area contributed by atoms with E-state index in [4.69, 9.17) is 10.5 Å². The molecule has 156 valence electrons. The van der Waals surface area contributed by atoms with E-state index in [-0.39, 0.29) is 12.0 Å². The standard InChI is InChI=1S/C24H33N3O2/c1-18(2)29-17-20-10-8-19(9-11-20)13-26-24(28)16-27-14-22(12-25)23(15-27)21-6-4-3-5-7-21/h3-11,18,22-23H,12-17,25H2,1-2H3,(H,26,28)/t22-,23+/m1/s1. The van der Waals surface area contributed by atoms with E-state index in [1.807, 2.05) is 32.0 Å². The van der Waals surface area contributed by atoms with E-state index >= 15 is 0 Å². The van der Waals surface area contributed by atoms with Crippen molar-refractivity contribution < 1.29 is 9.53 Å². The second kappa shape index (κ2) is 10.5.